The summed E-state index contributed by atoms with van der Waals surface area (Å²) in [5.41, 5.74) is 11.3. The molecule has 0 radical (unpaired) electrons. The van der Waals surface area contributed by atoms with Gasteiger partial charge in [0.05, 0.1) is 22.3 Å². The number of aryl methyl sites for hydroxylation is 2. The molecule has 34 heavy (non-hydrogen) atoms. The monoisotopic (exact) mass is 487 g/mol. The largest absolute Gasteiger partial charge is 0.402 e. The lowest BCUT2D eigenvalue weighted by molar-refractivity contribution is 0.651. The van der Waals surface area contributed by atoms with E-state index in [1.165, 1.54) is 0 Å². The summed E-state index contributed by atoms with van der Waals surface area (Å²) in [7, 11) is 1.88. The topological polar surface area (TPSA) is 86.9 Å². The van der Waals surface area contributed by atoms with Crippen molar-refractivity contribution in [2.75, 3.05) is 0 Å². The molecule has 5 rings (SSSR count). The van der Waals surface area contributed by atoms with Gasteiger partial charge in [0.15, 0.2) is 5.82 Å². The van der Waals surface area contributed by atoms with Gasteiger partial charge < -0.3 is 5.73 Å². The van der Waals surface area contributed by atoms with E-state index in [4.69, 9.17) is 22.3 Å². The van der Waals surface area contributed by atoms with Crippen molar-refractivity contribution >= 4 is 28.6 Å². The molecule has 1 aliphatic heterocycles. The van der Waals surface area contributed by atoms with Crippen LogP contribution in [0.25, 0.3) is 5.00 Å². The first-order chi connectivity index (χ1) is 16.3. The van der Waals surface area contributed by atoms with Gasteiger partial charge in [-0.05, 0) is 31.5 Å². The number of aromatic nitrogens is 5. The van der Waals surface area contributed by atoms with Crippen LogP contribution < -0.4 is 5.73 Å². The van der Waals surface area contributed by atoms with Crippen LogP contribution in [0.5, 0.6) is 0 Å². The average molecular weight is 488 g/mol. The molecule has 0 spiro atoms. The minimum absolute atomic E-state index is 0.312. The number of fused-ring (bicyclic) bond motifs is 3. The molecule has 4 heterocycles. The summed E-state index contributed by atoms with van der Waals surface area (Å²) in [6.45, 7) is 7.92. The molecule has 0 saturated heterocycles. The lowest BCUT2D eigenvalue weighted by Crippen LogP contribution is -2.09. The molecule has 1 aromatic carbocycles. The lowest BCUT2D eigenvalue weighted by Gasteiger charge is -2.12. The molecule has 1 aliphatic rings. The fourth-order valence-corrected chi connectivity index (χ4v) is 5.35. The highest BCUT2D eigenvalue weighted by atomic mass is 35.5. The van der Waals surface area contributed by atoms with Crippen molar-refractivity contribution in [2.45, 2.75) is 26.3 Å². The van der Waals surface area contributed by atoms with E-state index in [0.717, 1.165) is 49.5 Å². The number of hydrogen-bond donors (Lipinski definition) is 1. The van der Waals surface area contributed by atoms with Gasteiger partial charge in [0.25, 0.3) is 0 Å². The quantitative estimate of drug-likeness (QED) is 0.431. The normalized spacial score (nSPS) is 14.5. The van der Waals surface area contributed by atoms with Gasteiger partial charge >= 0.3 is 0 Å². The van der Waals surface area contributed by atoms with Crippen molar-refractivity contribution in [2.24, 2.45) is 17.8 Å². The summed E-state index contributed by atoms with van der Waals surface area (Å²) >= 11 is 7.79. The van der Waals surface area contributed by atoms with Gasteiger partial charge in [0.1, 0.15) is 16.9 Å². The molecule has 3 aromatic heterocycles. The Balaban J connectivity index is 1.75. The van der Waals surface area contributed by atoms with Gasteiger partial charge in [-0.2, -0.15) is 5.10 Å². The van der Waals surface area contributed by atoms with Gasteiger partial charge in [0, 0.05) is 41.5 Å². The van der Waals surface area contributed by atoms with E-state index in [-0.39, 0.29) is 6.04 Å². The van der Waals surface area contributed by atoms with E-state index in [9.17, 15) is 0 Å². The molecule has 170 valence electrons. The van der Waals surface area contributed by atoms with Crippen LogP contribution in [0.2, 0.25) is 5.02 Å². The van der Waals surface area contributed by atoms with Crippen LogP contribution in [0.4, 0.5) is 0 Å². The highest BCUT2D eigenvalue weighted by molar-refractivity contribution is 7.15. The Hall–Kier alpha value is -3.67. The number of benzene rings is 1. The minimum Gasteiger partial charge on any atom is -0.402 e. The molecule has 0 unspecified atom stereocenters. The Labute approximate surface area is 206 Å². The summed E-state index contributed by atoms with van der Waals surface area (Å²) in [4.78, 5) is 6.12. The van der Waals surface area contributed by atoms with Crippen molar-refractivity contribution in [1.29, 1.82) is 0 Å². The summed E-state index contributed by atoms with van der Waals surface area (Å²) < 4.78 is 3.81. The Morgan fingerprint density at radius 2 is 1.97 bits per heavy atom. The molecular formula is C25H22ClN7S. The first-order valence-electron chi connectivity index (χ1n) is 10.7. The Kier molecular flexibility index (Phi) is 5.60. The third-order valence-corrected chi connectivity index (χ3v) is 7.04. The first-order valence-corrected chi connectivity index (χ1v) is 11.8. The molecule has 0 fully saturated rings. The van der Waals surface area contributed by atoms with Crippen molar-refractivity contribution in [3.8, 4) is 16.8 Å². The predicted octanol–water partition coefficient (Wildman–Crippen LogP) is 4.49. The van der Waals surface area contributed by atoms with Crippen LogP contribution in [-0.4, -0.2) is 30.3 Å². The highest BCUT2D eigenvalue weighted by Crippen LogP contribution is 2.40. The zero-order valence-electron chi connectivity index (χ0n) is 19.0. The van der Waals surface area contributed by atoms with Crippen molar-refractivity contribution in [3.63, 3.8) is 0 Å². The third kappa shape index (κ3) is 3.94. The molecule has 0 saturated carbocycles. The molecule has 0 amide bonds. The highest BCUT2D eigenvalue weighted by Gasteiger charge is 2.31. The zero-order chi connectivity index (χ0) is 24.0. The van der Waals surface area contributed by atoms with Gasteiger partial charge in [-0.1, -0.05) is 42.2 Å². The summed E-state index contributed by atoms with van der Waals surface area (Å²) in [6.07, 6.45) is 4.12. The van der Waals surface area contributed by atoms with Crippen LogP contribution in [0.1, 0.15) is 51.2 Å². The average Bonchev–Trinajstić information content (AvgIpc) is 3.45. The van der Waals surface area contributed by atoms with Crippen molar-refractivity contribution < 1.29 is 0 Å². The molecule has 4 aromatic rings. The number of halogens is 1. The second kappa shape index (κ2) is 8.60. The van der Waals surface area contributed by atoms with Crippen LogP contribution in [0, 0.1) is 25.7 Å². The standard InChI is InChI=1S/C25H22ClN7S/c1-14(27)11-20-24-31-30-16(3)33(24)25-22(23(29-20)18-6-8-19(26)9-7-18)15(2)21(34-25)10-5-17-12-28-32(4)13-17/h6-9,12-13,20H,1,11,27H2,2-4H3/t20-/m0/s1. The van der Waals surface area contributed by atoms with Crippen molar-refractivity contribution in [1.82, 2.24) is 24.5 Å². The fraction of sp³-hybridized carbons (Fsp3) is 0.200. The van der Waals surface area contributed by atoms with Crippen LogP contribution >= 0.6 is 22.9 Å². The number of aliphatic imine (C=N–C) groups is 1. The number of nitrogens with two attached hydrogens (primary N) is 1. The SMILES string of the molecule is C=C(N)C[C@@H]1N=C(c2ccc(Cl)cc2)c2c(sc(C#Cc3cnn(C)c3)c2C)-n2c(C)nnc21. The molecule has 2 N–H and O–H groups in total. The minimum atomic E-state index is -0.312. The molecule has 0 bridgehead atoms. The Morgan fingerprint density at radius 3 is 2.65 bits per heavy atom. The third-order valence-electron chi connectivity index (χ3n) is 5.60. The van der Waals surface area contributed by atoms with E-state index < -0.39 is 0 Å². The number of hydrogen-bond acceptors (Lipinski definition) is 6. The van der Waals surface area contributed by atoms with E-state index in [2.05, 4.69) is 45.2 Å². The summed E-state index contributed by atoms with van der Waals surface area (Å²) in [5, 5.41) is 14.7. The molecule has 7 nitrogen and oxygen atoms in total. The van der Waals surface area contributed by atoms with Gasteiger partial charge in [-0.15, -0.1) is 21.5 Å². The first kappa shape index (κ1) is 22.1. The molecule has 1 atom stereocenters. The Bertz CT molecular complexity index is 1510. The van der Waals surface area contributed by atoms with E-state index >= 15 is 0 Å². The molecular weight excluding hydrogens is 466 g/mol. The molecule has 9 heteroatoms. The molecule has 0 aliphatic carbocycles. The smallest absolute Gasteiger partial charge is 0.163 e. The maximum atomic E-state index is 6.18. The fourth-order valence-electron chi connectivity index (χ4n) is 4.00. The summed E-state index contributed by atoms with van der Waals surface area (Å²) in [6, 6.07) is 7.40. The van der Waals surface area contributed by atoms with Gasteiger partial charge in [0.2, 0.25) is 0 Å². The van der Waals surface area contributed by atoms with E-state index in [1.54, 1.807) is 22.2 Å². The Morgan fingerprint density at radius 1 is 1.21 bits per heavy atom. The number of rotatable bonds is 3. The van der Waals surface area contributed by atoms with Crippen LogP contribution in [0.3, 0.4) is 0 Å². The van der Waals surface area contributed by atoms with E-state index in [1.807, 2.05) is 44.4 Å². The second-order valence-electron chi connectivity index (χ2n) is 8.19. The van der Waals surface area contributed by atoms with Gasteiger partial charge in [-0.3, -0.25) is 14.2 Å². The van der Waals surface area contributed by atoms with Crippen molar-refractivity contribution in [3.05, 3.63) is 92.7 Å². The van der Waals surface area contributed by atoms with Crippen LogP contribution in [0.15, 0.2) is 53.9 Å². The van der Waals surface area contributed by atoms with Crippen LogP contribution in [-0.2, 0) is 7.05 Å². The van der Waals surface area contributed by atoms with E-state index in [0.29, 0.717) is 17.1 Å². The van der Waals surface area contributed by atoms with Gasteiger partial charge in [-0.25, -0.2) is 0 Å². The number of thiophene rings is 1. The maximum absolute atomic E-state index is 6.18. The summed E-state index contributed by atoms with van der Waals surface area (Å²) in [5.74, 6) is 8.09. The second-order valence-corrected chi connectivity index (χ2v) is 9.63. The maximum Gasteiger partial charge on any atom is 0.163 e. The lowest BCUT2D eigenvalue weighted by atomic mass is 9.99. The predicted molar refractivity (Wildman–Crippen MR) is 136 cm³/mol. The zero-order valence-corrected chi connectivity index (χ0v) is 20.6. The number of nitrogens with zero attached hydrogens (tertiary/aromatic N) is 6.